The summed E-state index contributed by atoms with van der Waals surface area (Å²) < 4.78 is 210. The minimum Gasteiger partial charge on any atom is -0.458 e. The van der Waals surface area contributed by atoms with E-state index in [1.165, 1.54) is 0 Å². The zero-order valence-electron chi connectivity index (χ0n) is 43.0. The molecule has 0 amide bonds. The summed E-state index contributed by atoms with van der Waals surface area (Å²) in [6.07, 6.45) is -23.1. The van der Waals surface area contributed by atoms with Crippen molar-refractivity contribution in [2.24, 2.45) is 93.7 Å². The van der Waals surface area contributed by atoms with Crippen LogP contribution in [-0.4, -0.2) is 83.5 Å². The number of aliphatic hydroxyl groups is 1. The first kappa shape index (κ1) is 55.3. The highest BCUT2D eigenvalue weighted by atomic mass is 19.4. The third-order valence-corrected chi connectivity index (χ3v) is 22.4. The van der Waals surface area contributed by atoms with Crippen LogP contribution in [0, 0.1) is 93.7 Å². The summed E-state index contributed by atoms with van der Waals surface area (Å²) >= 11 is 0. The molecule has 0 aromatic rings. The van der Waals surface area contributed by atoms with E-state index in [-0.39, 0.29) is 62.4 Å². The first-order valence-corrected chi connectivity index (χ1v) is 28.2. The number of alkyl halides is 12. The number of fused-ring (bicyclic) bond motifs is 5. The second-order valence-electron chi connectivity index (χ2n) is 26.4. The Morgan fingerprint density at radius 2 is 1.07 bits per heavy atom. The molecule has 0 radical (unpaired) electrons. The summed E-state index contributed by atoms with van der Waals surface area (Å²) in [6, 6.07) is 0. The Morgan fingerprint density at radius 1 is 0.581 bits per heavy atom. The average molecular weight is 1080 g/mol. The van der Waals surface area contributed by atoms with Gasteiger partial charge in [-0.25, -0.2) is 0 Å². The third kappa shape index (κ3) is 8.67. The minimum atomic E-state index is -6.08. The monoisotopic (exact) mass is 1080 g/mol. The molecule has 12 aliphatic rings. The van der Waals surface area contributed by atoms with Crippen LogP contribution < -0.4 is 0 Å². The van der Waals surface area contributed by atoms with E-state index in [1.807, 2.05) is 13.8 Å². The molecule has 1 N–H and O–H groups in total. The fraction of sp³-hybridized carbons (Fsp3) is 0.964. The van der Waals surface area contributed by atoms with Crippen LogP contribution >= 0.6 is 0 Å². The number of hydrogen-bond acceptors (Lipinski definition) is 7. The number of carbonyl (C=O) groups is 2. The smallest absolute Gasteiger partial charge is 0.426 e. The standard InChI is InChI=1S/C55H76F12O7/c1-5-9-49(35-15-29-13-30(17-35)18-36(49)16-29)73-45(68)47(4,52(56,57)58)26-43-41(8-7-11-71-43)48(53(59,60)61,46(69)74-50(10-6-2)37-19-31-14-32(21-37)22-38(50)20-31)27-42-28(3)12-39-33-23-34(40(24-33)44(39)72-42)25-51(70,54(62,63)64)55(65,66)67/h28-44,70H,5-27H2,1-4H3. The summed E-state index contributed by atoms with van der Waals surface area (Å²) in [5, 5.41) is 10.3. The molecule has 10 aliphatic carbocycles. The molecule has 10 saturated carbocycles. The Kier molecular flexibility index (Phi) is 14.0. The fourth-order valence-corrected chi connectivity index (χ4v) is 19.3. The maximum absolute atomic E-state index is 17.2. The van der Waals surface area contributed by atoms with Crippen molar-refractivity contribution in [1.29, 1.82) is 0 Å². The molecule has 0 spiro atoms. The van der Waals surface area contributed by atoms with Gasteiger partial charge in [-0.2, -0.15) is 52.7 Å². The van der Waals surface area contributed by atoms with Crippen LogP contribution in [0.15, 0.2) is 0 Å². The Balaban J connectivity index is 1.02. The lowest BCUT2D eigenvalue weighted by molar-refractivity contribution is -0.374. The van der Waals surface area contributed by atoms with Crippen LogP contribution in [0.5, 0.6) is 0 Å². The number of rotatable bonds is 15. The second kappa shape index (κ2) is 18.8. The number of halogens is 12. The zero-order chi connectivity index (χ0) is 53.6. The maximum Gasteiger partial charge on any atom is 0.426 e. The highest BCUT2D eigenvalue weighted by Crippen LogP contribution is 2.67. The fourth-order valence-electron chi connectivity index (χ4n) is 19.3. The average Bonchev–Trinajstić information content (AvgIpc) is 3.86. The Morgan fingerprint density at radius 3 is 1.51 bits per heavy atom. The SMILES string of the molecule is CCCC1(OC(=O)C(C)(CC2OCCCC2C(CC2OC3C(CC2C)C2CC(CC(O)(C(F)(F)F)C(F)(F)F)C3C2)(C(=O)OC2(CCC)C3CC4CC(C3)CC2C4)C(F)(F)F)C(F)(F)F)C2CC3CC(C2)CC1C3. The van der Waals surface area contributed by atoms with E-state index in [0.29, 0.717) is 101 Å². The molecule has 0 aromatic heterocycles. The van der Waals surface area contributed by atoms with Crippen molar-refractivity contribution in [1.82, 2.24) is 0 Å². The van der Waals surface area contributed by atoms with Gasteiger partial charge in [0.05, 0.1) is 18.3 Å². The van der Waals surface area contributed by atoms with Gasteiger partial charge in [0, 0.05) is 12.5 Å². The van der Waals surface area contributed by atoms with E-state index in [2.05, 4.69) is 0 Å². The third-order valence-electron chi connectivity index (χ3n) is 22.4. The number of esters is 2. The lowest BCUT2D eigenvalue weighted by Gasteiger charge is -2.61. The Bertz CT molecular complexity index is 2020. The van der Waals surface area contributed by atoms with Gasteiger partial charge in [0.15, 0.2) is 10.8 Å². The van der Waals surface area contributed by atoms with Gasteiger partial charge in [0.1, 0.15) is 11.2 Å². The summed E-state index contributed by atoms with van der Waals surface area (Å²) in [7, 11) is 0. The molecule has 10 bridgehead atoms. The predicted octanol–water partition coefficient (Wildman–Crippen LogP) is 14.1. The van der Waals surface area contributed by atoms with Crippen LogP contribution in [-0.2, 0) is 28.5 Å². The largest absolute Gasteiger partial charge is 0.458 e. The zero-order valence-corrected chi connectivity index (χ0v) is 43.0. The summed E-state index contributed by atoms with van der Waals surface area (Å²) in [6.45, 7) is 5.74. The maximum atomic E-state index is 17.2. The van der Waals surface area contributed by atoms with Gasteiger partial charge >= 0.3 is 36.6 Å². The van der Waals surface area contributed by atoms with Crippen LogP contribution in [0.4, 0.5) is 52.7 Å². The number of carbonyl (C=O) groups excluding carboxylic acids is 2. The van der Waals surface area contributed by atoms with Crippen molar-refractivity contribution in [2.45, 2.75) is 229 Å². The molecule has 7 nitrogen and oxygen atoms in total. The molecule has 74 heavy (non-hydrogen) atoms. The summed E-state index contributed by atoms with van der Waals surface area (Å²) in [4.78, 5) is 30.5. The Labute approximate surface area is 426 Å². The quantitative estimate of drug-likeness (QED) is 0.129. The highest BCUT2D eigenvalue weighted by Gasteiger charge is 2.75. The van der Waals surface area contributed by atoms with Gasteiger partial charge in [-0.05, 0) is 212 Å². The van der Waals surface area contributed by atoms with Crippen molar-refractivity contribution in [3.8, 4) is 0 Å². The van der Waals surface area contributed by atoms with Gasteiger partial charge in [0.2, 0.25) is 0 Å². The van der Waals surface area contributed by atoms with Crippen molar-refractivity contribution >= 4 is 11.9 Å². The molecule has 11 unspecified atom stereocenters. The highest BCUT2D eigenvalue weighted by molar-refractivity contribution is 5.80. The first-order chi connectivity index (χ1) is 34.4. The van der Waals surface area contributed by atoms with Crippen molar-refractivity contribution < 1.29 is 86.3 Å². The van der Waals surface area contributed by atoms with Crippen LogP contribution in [0.2, 0.25) is 0 Å². The van der Waals surface area contributed by atoms with Gasteiger partial charge < -0.3 is 24.1 Å². The van der Waals surface area contributed by atoms with Gasteiger partial charge in [-0.15, -0.1) is 0 Å². The molecule has 422 valence electrons. The molecule has 2 heterocycles. The predicted molar refractivity (Wildman–Crippen MR) is 243 cm³/mol. The molecular weight excluding hydrogens is 1000 g/mol. The first-order valence-electron chi connectivity index (χ1n) is 28.2. The van der Waals surface area contributed by atoms with E-state index in [0.717, 1.165) is 12.8 Å². The Hall–Kier alpha value is -2.02. The normalized spacial score (nSPS) is 44.3. The van der Waals surface area contributed by atoms with E-state index in [4.69, 9.17) is 18.9 Å². The molecule has 19 heteroatoms. The van der Waals surface area contributed by atoms with E-state index < -0.39 is 144 Å². The van der Waals surface area contributed by atoms with E-state index >= 15 is 31.1 Å². The molecule has 12 rings (SSSR count). The van der Waals surface area contributed by atoms with Crippen molar-refractivity contribution in [3.05, 3.63) is 0 Å². The van der Waals surface area contributed by atoms with Crippen LogP contribution in [0.3, 0.4) is 0 Å². The minimum absolute atomic E-state index is 0.0853. The molecule has 11 atom stereocenters. The molecule has 2 saturated heterocycles. The van der Waals surface area contributed by atoms with Crippen molar-refractivity contribution in [2.75, 3.05) is 6.61 Å². The van der Waals surface area contributed by atoms with Crippen LogP contribution in [0.1, 0.15) is 169 Å². The summed E-state index contributed by atoms with van der Waals surface area (Å²) in [5.41, 5.74) is -14.5. The lowest BCUT2D eigenvalue weighted by Crippen LogP contribution is -2.65. The molecule has 12 fully saturated rings. The van der Waals surface area contributed by atoms with E-state index in [1.54, 1.807) is 6.92 Å². The molecular formula is C55H76F12O7. The van der Waals surface area contributed by atoms with Gasteiger partial charge in [-0.3, -0.25) is 9.59 Å². The van der Waals surface area contributed by atoms with Crippen LogP contribution in [0.25, 0.3) is 0 Å². The topological polar surface area (TPSA) is 91.3 Å². The summed E-state index contributed by atoms with van der Waals surface area (Å²) in [5.74, 6) is -8.71. The van der Waals surface area contributed by atoms with Gasteiger partial charge in [0.25, 0.3) is 5.60 Å². The van der Waals surface area contributed by atoms with Gasteiger partial charge in [-0.1, -0.05) is 33.6 Å². The molecule has 0 aromatic carbocycles. The number of ether oxygens (including phenoxy) is 4. The second-order valence-corrected chi connectivity index (χ2v) is 26.4. The van der Waals surface area contributed by atoms with E-state index in [9.17, 15) is 36.2 Å². The molecule has 2 aliphatic heterocycles. The number of hydrogen-bond donors (Lipinski definition) is 1. The van der Waals surface area contributed by atoms with Crippen molar-refractivity contribution in [3.63, 3.8) is 0 Å². The lowest BCUT2D eigenvalue weighted by atomic mass is 9.49.